The highest BCUT2D eigenvalue weighted by Gasteiger charge is 2.23. The second-order valence-corrected chi connectivity index (χ2v) is 7.92. The molecule has 2 aromatic heterocycles. The van der Waals surface area contributed by atoms with Crippen LogP contribution < -0.4 is 15.8 Å². The Kier molecular flexibility index (Phi) is 6.26. The number of aromatic nitrogens is 2. The molecule has 1 amide bonds. The first-order chi connectivity index (χ1) is 14.5. The molecule has 0 fully saturated rings. The number of nitrogens with two attached hydrogens (primary N) is 1. The van der Waals surface area contributed by atoms with E-state index in [2.05, 4.69) is 10.3 Å². The lowest BCUT2D eigenvalue weighted by atomic mass is 10.0. The number of amides is 1. The SMILES string of the molecule is CCC(C)(N)CNC(=O)c1c(C)nc2c(OCc3c(F)ccc(F)c3F)cc(C)cn12. The number of nitrogens with zero attached hydrogens (tertiary/aromatic N) is 2. The third kappa shape index (κ3) is 4.66. The van der Waals surface area contributed by atoms with Gasteiger partial charge in [0.2, 0.25) is 0 Å². The van der Waals surface area contributed by atoms with Crippen molar-refractivity contribution >= 4 is 11.6 Å². The van der Waals surface area contributed by atoms with Gasteiger partial charge in [-0.15, -0.1) is 0 Å². The van der Waals surface area contributed by atoms with Crippen LogP contribution in [-0.4, -0.2) is 27.4 Å². The summed E-state index contributed by atoms with van der Waals surface area (Å²) in [6, 6.07) is 3.19. The van der Waals surface area contributed by atoms with Crippen molar-refractivity contribution in [1.82, 2.24) is 14.7 Å². The molecule has 1 unspecified atom stereocenters. The summed E-state index contributed by atoms with van der Waals surface area (Å²) in [7, 11) is 0. The van der Waals surface area contributed by atoms with Gasteiger partial charge in [0.05, 0.1) is 11.3 Å². The van der Waals surface area contributed by atoms with Crippen molar-refractivity contribution in [3.05, 3.63) is 64.4 Å². The highest BCUT2D eigenvalue weighted by atomic mass is 19.2. The number of imidazole rings is 1. The fourth-order valence-electron chi connectivity index (χ4n) is 3.08. The Balaban J connectivity index is 1.94. The van der Waals surface area contributed by atoms with Crippen LogP contribution in [0.5, 0.6) is 5.75 Å². The fraction of sp³-hybridized carbons (Fsp3) is 0.364. The Hall–Kier alpha value is -3.07. The van der Waals surface area contributed by atoms with Crippen LogP contribution in [0.3, 0.4) is 0 Å². The maximum absolute atomic E-state index is 14.0. The molecule has 166 valence electrons. The molecule has 3 rings (SSSR count). The summed E-state index contributed by atoms with van der Waals surface area (Å²) in [6.45, 7) is 6.97. The van der Waals surface area contributed by atoms with Crippen molar-refractivity contribution < 1.29 is 22.7 Å². The quantitative estimate of drug-likeness (QED) is 0.554. The number of hydrogen-bond donors (Lipinski definition) is 2. The first-order valence-corrected chi connectivity index (χ1v) is 9.85. The summed E-state index contributed by atoms with van der Waals surface area (Å²) in [5, 5.41) is 2.82. The molecule has 1 atom stereocenters. The van der Waals surface area contributed by atoms with Crippen LogP contribution in [0.25, 0.3) is 5.65 Å². The van der Waals surface area contributed by atoms with Crippen LogP contribution in [-0.2, 0) is 6.61 Å². The van der Waals surface area contributed by atoms with Crippen molar-refractivity contribution in [2.45, 2.75) is 46.3 Å². The van der Waals surface area contributed by atoms with Gasteiger partial charge in [-0.1, -0.05) is 6.92 Å². The Bertz CT molecular complexity index is 1140. The Morgan fingerprint density at radius 1 is 1.26 bits per heavy atom. The zero-order valence-electron chi connectivity index (χ0n) is 17.9. The van der Waals surface area contributed by atoms with Crippen molar-refractivity contribution in [3.8, 4) is 5.75 Å². The summed E-state index contributed by atoms with van der Waals surface area (Å²) in [5.41, 5.74) is 6.81. The summed E-state index contributed by atoms with van der Waals surface area (Å²) >= 11 is 0. The standard InChI is InChI=1S/C22H25F3N4O2/c1-5-22(4,26)11-27-21(30)19-13(3)28-20-17(8-12(2)9-29(19)20)31-10-14-15(23)6-7-16(24)18(14)25/h6-9H,5,10-11,26H2,1-4H3,(H,27,30). The molecule has 0 bridgehead atoms. The van der Waals surface area contributed by atoms with E-state index in [1.165, 1.54) is 0 Å². The largest absolute Gasteiger partial charge is 0.485 e. The lowest BCUT2D eigenvalue weighted by molar-refractivity contribution is 0.0937. The van der Waals surface area contributed by atoms with Crippen molar-refractivity contribution in [3.63, 3.8) is 0 Å². The van der Waals surface area contributed by atoms with Crippen LogP contribution in [0.1, 0.15) is 47.6 Å². The topological polar surface area (TPSA) is 81.6 Å². The minimum absolute atomic E-state index is 0.211. The minimum Gasteiger partial charge on any atom is -0.485 e. The maximum Gasteiger partial charge on any atom is 0.270 e. The second kappa shape index (κ2) is 8.58. The lowest BCUT2D eigenvalue weighted by Crippen LogP contribution is -2.47. The number of halogens is 3. The normalized spacial score (nSPS) is 13.3. The van der Waals surface area contributed by atoms with Gasteiger partial charge in [-0.2, -0.15) is 0 Å². The number of aryl methyl sites for hydroxylation is 2. The molecule has 0 spiro atoms. The third-order valence-electron chi connectivity index (χ3n) is 5.18. The van der Waals surface area contributed by atoms with Gasteiger partial charge in [-0.05, 0) is 51.0 Å². The van der Waals surface area contributed by atoms with Crippen LogP contribution in [0, 0.1) is 31.3 Å². The van der Waals surface area contributed by atoms with E-state index in [9.17, 15) is 18.0 Å². The molecule has 0 radical (unpaired) electrons. The number of carbonyl (C=O) groups excluding carboxylic acids is 1. The van der Waals surface area contributed by atoms with Crippen molar-refractivity contribution in [2.75, 3.05) is 6.54 Å². The van der Waals surface area contributed by atoms with Crippen LogP contribution in [0.15, 0.2) is 24.4 Å². The first kappa shape index (κ1) is 22.6. The Morgan fingerprint density at radius 3 is 2.61 bits per heavy atom. The van der Waals surface area contributed by atoms with Gasteiger partial charge in [-0.3, -0.25) is 9.20 Å². The van der Waals surface area contributed by atoms with E-state index in [1.807, 2.05) is 13.8 Å². The van der Waals surface area contributed by atoms with Gasteiger partial charge in [0.25, 0.3) is 5.91 Å². The molecule has 2 heterocycles. The molecule has 0 aliphatic heterocycles. The lowest BCUT2D eigenvalue weighted by Gasteiger charge is -2.22. The molecule has 31 heavy (non-hydrogen) atoms. The molecule has 6 nitrogen and oxygen atoms in total. The molecule has 0 saturated heterocycles. The van der Waals surface area contributed by atoms with E-state index in [4.69, 9.17) is 10.5 Å². The highest BCUT2D eigenvalue weighted by molar-refractivity contribution is 5.95. The number of fused-ring (bicyclic) bond motifs is 1. The number of nitrogens with one attached hydrogen (secondary N) is 1. The smallest absolute Gasteiger partial charge is 0.270 e. The Morgan fingerprint density at radius 2 is 1.94 bits per heavy atom. The monoisotopic (exact) mass is 434 g/mol. The Labute approximate surface area is 178 Å². The van der Waals surface area contributed by atoms with Gasteiger partial charge in [0.15, 0.2) is 23.0 Å². The maximum atomic E-state index is 14.0. The van der Waals surface area contributed by atoms with Crippen molar-refractivity contribution in [1.29, 1.82) is 0 Å². The summed E-state index contributed by atoms with van der Waals surface area (Å²) in [6.07, 6.45) is 2.39. The van der Waals surface area contributed by atoms with Crippen LogP contribution in [0.4, 0.5) is 13.2 Å². The van der Waals surface area contributed by atoms with Gasteiger partial charge < -0.3 is 15.8 Å². The number of pyridine rings is 1. The van der Waals surface area contributed by atoms with Gasteiger partial charge in [0.1, 0.15) is 18.1 Å². The summed E-state index contributed by atoms with van der Waals surface area (Å²) < 4.78 is 48.5. The van der Waals surface area contributed by atoms with E-state index in [0.717, 1.165) is 11.6 Å². The number of rotatable bonds is 7. The van der Waals surface area contributed by atoms with Gasteiger partial charge in [-0.25, -0.2) is 18.2 Å². The molecular formula is C22H25F3N4O2. The first-order valence-electron chi connectivity index (χ1n) is 9.85. The average Bonchev–Trinajstić information content (AvgIpc) is 3.04. The molecule has 3 N–H and O–H groups in total. The van der Waals surface area contributed by atoms with E-state index in [-0.39, 0.29) is 18.2 Å². The fourth-order valence-corrected chi connectivity index (χ4v) is 3.08. The van der Waals surface area contributed by atoms with E-state index in [1.54, 1.807) is 30.5 Å². The predicted octanol–water partition coefficient (Wildman–Crippen LogP) is 3.80. The molecule has 3 aromatic rings. The number of hydrogen-bond acceptors (Lipinski definition) is 4. The summed E-state index contributed by atoms with van der Waals surface area (Å²) in [4.78, 5) is 17.2. The summed E-state index contributed by atoms with van der Waals surface area (Å²) in [5.74, 6) is -3.52. The zero-order valence-corrected chi connectivity index (χ0v) is 17.9. The number of ether oxygens (including phenoxy) is 1. The van der Waals surface area contributed by atoms with Crippen molar-refractivity contribution in [2.24, 2.45) is 5.73 Å². The van der Waals surface area contributed by atoms with E-state index < -0.39 is 35.2 Å². The zero-order chi connectivity index (χ0) is 22.9. The minimum atomic E-state index is -1.30. The van der Waals surface area contributed by atoms with E-state index in [0.29, 0.717) is 29.5 Å². The molecule has 1 aromatic carbocycles. The van der Waals surface area contributed by atoms with Gasteiger partial charge in [0, 0.05) is 18.3 Å². The third-order valence-corrected chi connectivity index (χ3v) is 5.18. The van der Waals surface area contributed by atoms with Crippen LogP contribution in [0.2, 0.25) is 0 Å². The average molecular weight is 434 g/mol. The second-order valence-electron chi connectivity index (χ2n) is 7.92. The van der Waals surface area contributed by atoms with Crippen LogP contribution >= 0.6 is 0 Å². The molecule has 0 aliphatic carbocycles. The number of carbonyl (C=O) groups is 1. The highest BCUT2D eigenvalue weighted by Crippen LogP contribution is 2.26. The molecular weight excluding hydrogens is 409 g/mol. The van der Waals surface area contributed by atoms with Gasteiger partial charge >= 0.3 is 0 Å². The molecule has 9 heteroatoms. The molecule has 0 aliphatic rings. The van der Waals surface area contributed by atoms with E-state index >= 15 is 0 Å². The molecule has 0 saturated carbocycles. The predicted molar refractivity (Wildman–Crippen MR) is 111 cm³/mol. The number of benzene rings is 1.